The van der Waals surface area contributed by atoms with E-state index in [0.29, 0.717) is 25.4 Å². The summed E-state index contributed by atoms with van der Waals surface area (Å²) in [6.07, 6.45) is 0. The van der Waals surface area contributed by atoms with Crippen LogP contribution in [0, 0.1) is 6.92 Å². The molecule has 0 saturated carbocycles. The summed E-state index contributed by atoms with van der Waals surface area (Å²) < 4.78 is 12.4. The smallest absolute Gasteiger partial charge is 0.268 e. The number of aromatic nitrogens is 1. The first-order valence-electron chi connectivity index (χ1n) is 6.54. The molecule has 2 aromatic rings. The number of nitrogens with one attached hydrogen (secondary N) is 1. The molecule has 1 N–H and O–H groups in total. The first-order valence-corrected chi connectivity index (χ1v) is 6.54. The van der Waals surface area contributed by atoms with Crippen LogP contribution in [0.1, 0.15) is 23.2 Å². The van der Waals surface area contributed by atoms with E-state index in [-0.39, 0.29) is 5.91 Å². The van der Waals surface area contributed by atoms with Gasteiger partial charge in [-0.3, -0.25) is 4.79 Å². The molecule has 0 radical (unpaired) electrons. The predicted molar refractivity (Wildman–Crippen MR) is 78.0 cm³/mol. The van der Waals surface area contributed by atoms with Gasteiger partial charge in [-0.2, -0.15) is 0 Å². The largest absolute Gasteiger partial charge is 0.460 e. The molecule has 108 valence electrons. The van der Waals surface area contributed by atoms with Crippen molar-refractivity contribution < 1.29 is 13.9 Å². The van der Waals surface area contributed by atoms with Crippen LogP contribution in [-0.2, 0) is 11.3 Å². The Morgan fingerprint density at radius 1 is 1.50 bits per heavy atom. The first-order chi connectivity index (χ1) is 9.52. The van der Waals surface area contributed by atoms with Crippen molar-refractivity contribution in [2.75, 3.05) is 20.3 Å². The van der Waals surface area contributed by atoms with Crippen molar-refractivity contribution in [2.24, 2.45) is 0 Å². The molecule has 5 nitrogen and oxygen atoms in total. The van der Waals surface area contributed by atoms with E-state index in [1.165, 1.54) is 0 Å². The minimum Gasteiger partial charge on any atom is -0.460 e. The summed E-state index contributed by atoms with van der Waals surface area (Å²) in [6, 6.07) is 3.71. The zero-order chi connectivity index (χ0) is 14.7. The fourth-order valence-corrected chi connectivity index (χ4v) is 2.15. The second-order valence-corrected chi connectivity index (χ2v) is 4.93. The molecule has 0 atom stereocenters. The van der Waals surface area contributed by atoms with Crippen molar-refractivity contribution >= 4 is 17.0 Å². The van der Waals surface area contributed by atoms with Crippen LogP contribution in [0.2, 0.25) is 0 Å². The second-order valence-electron chi connectivity index (χ2n) is 4.93. The number of allylic oxidation sites excluding steroid dienone is 1. The second kappa shape index (κ2) is 5.96. The van der Waals surface area contributed by atoms with E-state index in [1.807, 2.05) is 24.5 Å². The van der Waals surface area contributed by atoms with Crippen LogP contribution < -0.4 is 5.32 Å². The lowest BCUT2D eigenvalue weighted by atomic mass is 10.3. The highest BCUT2D eigenvalue weighted by molar-refractivity contribution is 5.97. The van der Waals surface area contributed by atoms with Crippen molar-refractivity contribution in [3.05, 3.63) is 35.7 Å². The Kier molecular flexibility index (Phi) is 4.29. The number of carbonyl (C=O) groups excluding carboxylic acids is 1. The van der Waals surface area contributed by atoms with Crippen molar-refractivity contribution in [1.29, 1.82) is 0 Å². The summed E-state index contributed by atoms with van der Waals surface area (Å²) in [7, 11) is 1.60. The molecule has 20 heavy (non-hydrogen) atoms. The fourth-order valence-electron chi connectivity index (χ4n) is 2.15. The molecule has 2 aromatic heterocycles. The number of nitrogens with zero attached hydrogens (tertiary/aromatic N) is 1. The highest BCUT2D eigenvalue weighted by Crippen LogP contribution is 2.24. The maximum Gasteiger partial charge on any atom is 0.268 e. The summed E-state index contributed by atoms with van der Waals surface area (Å²) in [5.41, 5.74) is 3.20. The monoisotopic (exact) mass is 276 g/mol. The molecule has 0 aliphatic carbocycles. The molecule has 0 saturated heterocycles. The Balaban J connectivity index is 2.33. The van der Waals surface area contributed by atoms with Crippen molar-refractivity contribution in [1.82, 2.24) is 9.88 Å². The molecular formula is C15H20N2O3. The third-order valence-corrected chi connectivity index (χ3v) is 2.97. The molecule has 0 aliphatic rings. The third-order valence-electron chi connectivity index (χ3n) is 2.97. The number of ether oxygens (including phenoxy) is 1. The van der Waals surface area contributed by atoms with E-state index in [1.54, 1.807) is 13.2 Å². The lowest BCUT2D eigenvalue weighted by Gasteiger charge is -2.10. The molecule has 1 amide bonds. The minimum absolute atomic E-state index is 0.132. The lowest BCUT2D eigenvalue weighted by Crippen LogP contribution is -2.29. The highest BCUT2D eigenvalue weighted by atomic mass is 16.5. The van der Waals surface area contributed by atoms with E-state index < -0.39 is 0 Å². The molecule has 2 rings (SSSR count). The predicted octanol–water partition coefficient (Wildman–Crippen LogP) is 2.50. The normalized spacial score (nSPS) is 10.9. The maximum atomic E-state index is 12.2. The third kappa shape index (κ3) is 2.93. The van der Waals surface area contributed by atoms with Gasteiger partial charge in [-0.15, -0.1) is 0 Å². The molecule has 0 bridgehead atoms. The van der Waals surface area contributed by atoms with Crippen molar-refractivity contribution in [2.45, 2.75) is 20.4 Å². The standard InChI is InChI=1S/C15H20N2O3/c1-10(2)9-17-12-7-11(3)20-14(12)8-13(17)15(18)16-5-6-19-4/h7-8H,1,5-6,9H2,2-4H3,(H,16,18). The van der Waals surface area contributed by atoms with Crippen LogP contribution in [0.25, 0.3) is 11.1 Å². The summed E-state index contributed by atoms with van der Waals surface area (Å²) in [5, 5.41) is 2.82. The van der Waals surface area contributed by atoms with Gasteiger partial charge in [0, 0.05) is 32.3 Å². The van der Waals surface area contributed by atoms with Gasteiger partial charge in [0.05, 0.1) is 12.1 Å². The molecule has 5 heteroatoms. The van der Waals surface area contributed by atoms with Gasteiger partial charge in [-0.1, -0.05) is 12.2 Å². The molecule has 0 unspecified atom stereocenters. The van der Waals surface area contributed by atoms with E-state index >= 15 is 0 Å². The number of amides is 1. The Morgan fingerprint density at radius 3 is 2.90 bits per heavy atom. The number of methoxy groups -OCH3 is 1. The van der Waals surface area contributed by atoms with Gasteiger partial charge in [-0.05, 0) is 13.8 Å². The SMILES string of the molecule is C=C(C)Cn1c(C(=O)NCCOC)cc2oc(C)cc21. The number of fused-ring (bicyclic) bond motifs is 1. The first kappa shape index (κ1) is 14.4. The van der Waals surface area contributed by atoms with Crippen LogP contribution >= 0.6 is 0 Å². The van der Waals surface area contributed by atoms with Gasteiger partial charge in [0.1, 0.15) is 11.5 Å². The lowest BCUT2D eigenvalue weighted by molar-refractivity contribution is 0.0928. The van der Waals surface area contributed by atoms with Crippen LogP contribution in [-0.4, -0.2) is 30.7 Å². The Bertz CT molecular complexity index is 637. The van der Waals surface area contributed by atoms with Crippen molar-refractivity contribution in [3.8, 4) is 0 Å². The summed E-state index contributed by atoms with van der Waals surface area (Å²) in [5.74, 6) is 0.698. The van der Waals surface area contributed by atoms with Gasteiger partial charge in [0.2, 0.25) is 0 Å². The quantitative estimate of drug-likeness (QED) is 0.651. The maximum absolute atomic E-state index is 12.2. The van der Waals surface area contributed by atoms with Crippen molar-refractivity contribution in [3.63, 3.8) is 0 Å². The number of hydrogen-bond donors (Lipinski definition) is 1. The average Bonchev–Trinajstić information content (AvgIpc) is 2.87. The number of aryl methyl sites for hydroxylation is 1. The van der Waals surface area contributed by atoms with Gasteiger partial charge >= 0.3 is 0 Å². The topological polar surface area (TPSA) is 56.4 Å². The van der Waals surface area contributed by atoms with Crippen LogP contribution in [0.3, 0.4) is 0 Å². The van der Waals surface area contributed by atoms with Gasteiger partial charge in [0.15, 0.2) is 5.58 Å². The van der Waals surface area contributed by atoms with E-state index in [9.17, 15) is 4.79 Å². The molecule has 2 heterocycles. The minimum atomic E-state index is -0.132. The van der Waals surface area contributed by atoms with Crippen LogP contribution in [0.5, 0.6) is 0 Å². The number of furan rings is 1. The number of hydrogen-bond acceptors (Lipinski definition) is 3. The molecule has 0 fully saturated rings. The Hall–Kier alpha value is -2.01. The summed E-state index contributed by atoms with van der Waals surface area (Å²) in [6.45, 7) is 9.31. The van der Waals surface area contributed by atoms with Crippen LogP contribution in [0.4, 0.5) is 0 Å². The molecule has 0 aliphatic heterocycles. The zero-order valence-corrected chi connectivity index (χ0v) is 12.2. The Labute approximate surface area is 118 Å². The molecular weight excluding hydrogens is 256 g/mol. The number of rotatable bonds is 6. The summed E-state index contributed by atoms with van der Waals surface area (Å²) >= 11 is 0. The van der Waals surface area contributed by atoms with Gasteiger partial charge in [-0.25, -0.2) is 0 Å². The van der Waals surface area contributed by atoms with E-state index in [0.717, 1.165) is 22.4 Å². The summed E-state index contributed by atoms with van der Waals surface area (Å²) in [4.78, 5) is 12.2. The van der Waals surface area contributed by atoms with Gasteiger partial charge in [0.25, 0.3) is 5.91 Å². The average molecular weight is 276 g/mol. The zero-order valence-electron chi connectivity index (χ0n) is 12.2. The molecule has 0 spiro atoms. The van der Waals surface area contributed by atoms with E-state index in [2.05, 4.69) is 11.9 Å². The van der Waals surface area contributed by atoms with Crippen LogP contribution in [0.15, 0.2) is 28.7 Å². The Morgan fingerprint density at radius 2 is 2.25 bits per heavy atom. The fraction of sp³-hybridized carbons (Fsp3) is 0.400. The highest BCUT2D eigenvalue weighted by Gasteiger charge is 2.18. The van der Waals surface area contributed by atoms with Gasteiger partial charge < -0.3 is 19.0 Å². The molecule has 0 aromatic carbocycles. The van der Waals surface area contributed by atoms with E-state index in [4.69, 9.17) is 9.15 Å². The number of carbonyl (C=O) groups is 1.